The Morgan fingerprint density at radius 2 is 1.79 bits per heavy atom. The van der Waals surface area contributed by atoms with Crippen LogP contribution in [0.1, 0.15) is 33.1 Å². The van der Waals surface area contributed by atoms with Crippen molar-refractivity contribution in [1.29, 1.82) is 0 Å². The Bertz CT molecular complexity index is 171. The molecular weight excluding hydrogens is 191 g/mol. The molecule has 1 atom stereocenters. The molecule has 0 aromatic rings. The number of rotatable bonds is 2. The Kier molecular flexibility index (Phi) is 3.81. The van der Waals surface area contributed by atoms with E-state index < -0.39 is 12.1 Å². The highest BCUT2D eigenvalue weighted by Gasteiger charge is 2.41. The minimum atomic E-state index is -3.98. The molecule has 84 valence electrons. The zero-order valence-electron chi connectivity index (χ0n) is 8.77. The Labute approximate surface area is 83.3 Å². The van der Waals surface area contributed by atoms with Gasteiger partial charge in [0.15, 0.2) is 0 Å². The lowest BCUT2D eigenvalue weighted by Gasteiger charge is -2.36. The predicted molar refractivity (Wildman–Crippen MR) is 50.1 cm³/mol. The van der Waals surface area contributed by atoms with E-state index >= 15 is 0 Å². The maximum atomic E-state index is 12.3. The Balaban J connectivity index is 2.39. The molecule has 1 aliphatic rings. The van der Waals surface area contributed by atoms with Gasteiger partial charge in [-0.2, -0.15) is 13.2 Å². The first-order valence-electron chi connectivity index (χ1n) is 5.26. The summed E-state index contributed by atoms with van der Waals surface area (Å²) >= 11 is 0. The van der Waals surface area contributed by atoms with E-state index in [0.29, 0.717) is 19.1 Å². The SMILES string of the molecule is CCC(C)N1CCC(C(F)(F)F)CC1. The molecule has 1 saturated heterocycles. The van der Waals surface area contributed by atoms with E-state index in [-0.39, 0.29) is 12.8 Å². The molecule has 1 nitrogen and oxygen atoms in total. The molecule has 0 N–H and O–H groups in total. The van der Waals surface area contributed by atoms with Crippen molar-refractivity contribution in [3.8, 4) is 0 Å². The van der Waals surface area contributed by atoms with Crippen LogP contribution in [0.15, 0.2) is 0 Å². The first-order valence-corrected chi connectivity index (χ1v) is 5.26. The van der Waals surface area contributed by atoms with E-state index in [1.807, 2.05) is 0 Å². The predicted octanol–water partition coefficient (Wildman–Crippen LogP) is 3.06. The molecule has 0 radical (unpaired) electrons. The average molecular weight is 209 g/mol. The lowest BCUT2D eigenvalue weighted by Crippen LogP contribution is -2.42. The van der Waals surface area contributed by atoms with Crippen molar-refractivity contribution in [1.82, 2.24) is 4.90 Å². The zero-order valence-corrected chi connectivity index (χ0v) is 8.77. The summed E-state index contributed by atoms with van der Waals surface area (Å²) in [4.78, 5) is 2.16. The summed E-state index contributed by atoms with van der Waals surface area (Å²) in [5.41, 5.74) is 0. The smallest absolute Gasteiger partial charge is 0.301 e. The molecule has 1 rings (SSSR count). The third kappa shape index (κ3) is 2.87. The first-order chi connectivity index (χ1) is 6.45. The molecule has 0 aromatic carbocycles. The minimum Gasteiger partial charge on any atom is -0.301 e. The number of hydrogen-bond acceptors (Lipinski definition) is 1. The second kappa shape index (κ2) is 4.51. The third-order valence-electron chi connectivity index (χ3n) is 3.21. The maximum absolute atomic E-state index is 12.3. The fourth-order valence-corrected chi connectivity index (χ4v) is 1.93. The maximum Gasteiger partial charge on any atom is 0.391 e. The summed E-state index contributed by atoms with van der Waals surface area (Å²) in [6.07, 6.45) is -2.43. The lowest BCUT2D eigenvalue weighted by atomic mass is 9.95. The quantitative estimate of drug-likeness (QED) is 0.675. The monoisotopic (exact) mass is 209 g/mol. The van der Waals surface area contributed by atoms with Gasteiger partial charge in [-0.3, -0.25) is 0 Å². The van der Waals surface area contributed by atoms with Crippen LogP contribution in [0.25, 0.3) is 0 Å². The van der Waals surface area contributed by atoms with Crippen LogP contribution in [0.4, 0.5) is 13.2 Å². The van der Waals surface area contributed by atoms with Gasteiger partial charge in [0.2, 0.25) is 0 Å². The van der Waals surface area contributed by atoms with Crippen LogP contribution in [-0.2, 0) is 0 Å². The number of likely N-dealkylation sites (tertiary alicyclic amines) is 1. The molecule has 0 aromatic heterocycles. The van der Waals surface area contributed by atoms with Gasteiger partial charge >= 0.3 is 6.18 Å². The summed E-state index contributed by atoms with van der Waals surface area (Å²) in [7, 11) is 0. The Morgan fingerprint density at radius 1 is 1.29 bits per heavy atom. The fraction of sp³-hybridized carbons (Fsp3) is 1.00. The van der Waals surface area contributed by atoms with E-state index in [1.54, 1.807) is 0 Å². The van der Waals surface area contributed by atoms with E-state index in [9.17, 15) is 13.2 Å². The second-order valence-corrected chi connectivity index (χ2v) is 4.11. The number of piperidine rings is 1. The van der Waals surface area contributed by atoms with E-state index in [4.69, 9.17) is 0 Å². The van der Waals surface area contributed by atoms with Crippen LogP contribution >= 0.6 is 0 Å². The van der Waals surface area contributed by atoms with Crippen molar-refractivity contribution < 1.29 is 13.2 Å². The largest absolute Gasteiger partial charge is 0.391 e. The summed E-state index contributed by atoms with van der Waals surface area (Å²) in [5.74, 6) is -1.07. The van der Waals surface area contributed by atoms with Crippen LogP contribution in [0.5, 0.6) is 0 Å². The average Bonchev–Trinajstić information content (AvgIpc) is 2.15. The topological polar surface area (TPSA) is 3.24 Å². The van der Waals surface area contributed by atoms with Gasteiger partial charge in [-0.05, 0) is 39.3 Å². The molecule has 14 heavy (non-hydrogen) atoms. The van der Waals surface area contributed by atoms with Gasteiger partial charge in [-0.25, -0.2) is 0 Å². The molecule has 1 fully saturated rings. The van der Waals surface area contributed by atoms with Crippen LogP contribution in [0.3, 0.4) is 0 Å². The molecule has 0 saturated carbocycles. The highest BCUT2D eigenvalue weighted by atomic mass is 19.4. The number of alkyl halides is 3. The van der Waals surface area contributed by atoms with Gasteiger partial charge in [0.05, 0.1) is 5.92 Å². The summed E-state index contributed by atoms with van der Waals surface area (Å²) < 4.78 is 37.0. The fourth-order valence-electron chi connectivity index (χ4n) is 1.93. The van der Waals surface area contributed by atoms with Gasteiger partial charge in [-0.15, -0.1) is 0 Å². The molecule has 0 amide bonds. The number of hydrogen-bond donors (Lipinski definition) is 0. The van der Waals surface area contributed by atoms with Crippen LogP contribution in [-0.4, -0.2) is 30.2 Å². The van der Waals surface area contributed by atoms with Gasteiger partial charge in [0, 0.05) is 6.04 Å². The van der Waals surface area contributed by atoms with E-state index in [2.05, 4.69) is 18.7 Å². The number of halogens is 3. The molecule has 1 aliphatic heterocycles. The molecule has 1 heterocycles. The zero-order chi connectivity index (χ0) is 10.8. The molecule has 0 spiro atoms. The highest BCUT2D eigenvalue weighted by molar-refractivity contribution is 4.79. The van der Waals surface area contributed by atoms with E-state index in [0.717, 1.165) is 6.42 Å². The molecule has 1 unspecified atom stereocenters. The van der Waals surface area contributed by atoms with Crippen molar-refractivity contribution in [3.05, 3.63) is 0 Å². The van der Waals surface area contributed by atoms with Crippen LogP contribution in [0.2, 0.25) is 0 Å². The number of nitrogens with zero attached hydrogens (tertiary/aromatic N) is 1. The molecule has 0 aliphatic carbocycles. The normalized spacial score (nSPS) is 23.8. The van der Waals surface area contributed by atoms with Crippen molar-refractivity contribution in [3.63, 3.8) is 0 Å². The Hall–Kier alpha value is -0.250. The minimum absolute atomic E-state index is 0.272. The van der Waals surface area contributed by atoms with Crippen molar-refractivity contribution in [2.75, 3.05) is 13.1 Å². The van der Waals surface area contributed by atoms with Gasteiger partial charge in [0.25, 0.3) is 0 Å². The molecule has 4 heteroatoms. The standard InChI is InChI=1S/C10H18F3N/c1-3-8(2)14-6-4-9(5-7-14)10(11,12)13/h8-9H,3-7H2,1-2H3. The Morgan fingerprint density at radius 3 is 2.14 bits per heavy atom. The van der Waals surface area contributed by atoms with Crippen molar-refractivity contribution in [2.24, 2.45) is 5.92 Å². The van der Waals surface area contributed by atoms with Crippen LogP contribution in [0, 0.1) is 5.92 Å². The summed E-state index contributed by atoms with van der Waals surface area (Å²) in [5, 5.41) is 0. The molecular formula is C10H18F3N. The van der Waals surface area contributed by atoms with Gasteiger partial charge in [-0.1, -0.05) is 6.92 Å². The summed E-state index contributed by atoms with van der Waals surface area (Å²) in [6, 6.07) is 0.421. The van der Waals surface area contributed by atoms with E-state index in [1.165, 1.54) is 0 Å². The van der Waals surface area contributed by atoms with Crippen molar-refractivity contribution >= 4 is 0 Å². The second-order valence-electron chi connectivity index (χ2n) is 4.11. The molecule has 0 bridgehead atoms. The van der Waals surface area contributed by atoms with Gasteiger partial charge < -0.3 is 4.90 Å². The van der Waals surface area contributed by atoms with Crippen LogP contribution < -0.4 is 0 Å². The van der Waals surface area contributed by atoms with Crippen molar-refractivity contribution in [2.45, 2.75) is 45.3 Å². The third-order valence-corrected chi connectivity index (χ3v) is 3.21. The summed E-state index contributed by atoms with van der Waals surface area (Å²) in [6.45, 7) is 5.34. The first kappa shape index (κ1) is 11.8. The van der Waals surface area contributed by atoms with Gasteiger partial charge in [0.1, 0.15) is 0 Å². The lowest BCUT2D eigenvalue weighted by molar-refractivity contribution is -0.186. The highest BCUT2D eigenvalue weighted by Crippen LogP contribution is 2.34.